The van der Waals surface area contributed by atoms with Crippen LogP contribution in [0.2, 0.25) is 10.0 Å². The molecule has 1 aliphatic carbocycles. The Kier molecular flexibility index (Phi) is 8.52. The number of pyridine rings is 1. The van der Waals surface area contributed by atoms with Gasteiger partial charge in [0.25, 0.3) is 12.0 Å². The average molecular weight is 637 g/mol. The molecule has 220 valence electrons. The van der Waals surface area contributed by atoms with Crippen LogP contribution in [0, 0.1) is 0 Å². The Morgan fingerprint density at radius 2 is 1.90 bits per heavy atom. The number of nitrogens with zero attached hydrogens (tertiary/aromatic N) is 4. The Bertz CT molecular complexity index is 1720. The van der Waals surface area contributed by atoms with Crippen molar-refractivity contribution in [2.45, 2.75) is 42.7 Å². The van der Waals surface area contributed by atoms with Crippen LogP contribution in [0.3, 0.4) is 0 Å². The van der Waals surface area contributed by atoms with E-state index in [4.69, 9.17) is 37.4 Å². The summed E-state index contributed by atoms with van der Waals surface area (Å²) in [5.41, 5.74) is -4.82. The first-order valence-electron chi connectivity index (χ1n) is 11.5. The predicted octanol–water partition coefficient (Wildman–Crippen LogP) is 2.65. The van der Waals surface area contributed by atoms with Gasteiger partial charge in [0.2, 0.25) is 5.88 Å². The van der Waals surface area contributed by atoms with Crippen LogP contribution in [-0.4, -0.2) is 69.5 Å². The van der Waals surface area contributed by atoms with E-state index in [0.29, 0.717) is 4.68 Å². The molecule has 0 radical (unpaired) electrons. The molecule has 0 atom stereocenters. The molecule has 3 aromatic rings. The molecule has 13 nitrogen and oxygen atoms in total. The van der Waals surface area contributed by atoms with Gasteiger partial charge in [-0.1, -0.05) is 23.2 Å². The summed E-state index contributed by atoms with van der Waals surface area (Å²) in [5.74, 6) is -0.704. The quantitative estimate of drug-likeness (QED) is 0.192. The molecular weight excluding hydrogens is 615 g/mol. The van der Waals surface area contributed by atoms with Gasteiger partial charge in [-0.05, 0) is 12.1 Å². The number of aromatic nitrogens is 4. The molecule has 41 heavy (non-hydrogen) atoms. The van der Waals surface area contributed by atoms with Gasteiger partial charge in [-0.25, -0.2) is 18.6 Å². The van der Waals surface area contributed by atoms with Gasteiger partial charge in [0.15, 0.2) is 34.4 Å². The van der Waals surface area contributed by atoms with Crippen LogP contribution in [0.1, 0.15) is 31.9 Å². The van der Waals surface area contributed by atoms with Crippen molar-refractivity contribution >= 4 is 39.9 Å². The van der Waals surface area contributed by atoms with Crippen LogP contribution < -0.4 is 20.7 Å². The maximum absolute atomic E-state index is 13.5. The number of sulfonamides is 1. The zero-order chi connectivity index (χ0) is 30.3. The van der Waals surface area contributed by atoms with Gasteiger partial charge in [-0.3, -0.25) is 9.78 Å². The Hall–Kier alpha value is -3.44. The molecule has 2 N–H and O–H groups in total. The maximum Gasteiger partial charge on any atom is 0.398 e. The van der Waals surface area contributed by atoms with Crippen molar-refractivity contribution in [1.29, 1.82) is 0 Å². The third-order valence-corrected chi connectivity index (χ3v) is 8.61. The van der Waals surface area contributed by atoms with Gasteiger partial charge in [0.1, 0.15) is 6.72 Å². The number of hydrogen-bond acceptors (Lipinski definition) is 10. The monoisotopic (exact) mass is 636 g/mol. The van der Waals surface area contributed by atoms with Crippen molar-refractivity contribution in [3.05, 3.63) is 61.0 Å². The van der Waals surface area contributed by atoms with Gasteiger partial charge in [0, 0.05) is 32.9 Å². The molecule has 1 saturated carbocycles. The largest absolute Gasteiger partial charge is 0.464 e. The van der Waals surface area contributed by atoms with Crippen molar-refractivity contribution in [2.75, 3.05) is 13.9 Å². The van der Waals surface area contributed by atoms with Gasteiger partial charge in [0.05, 0.1) is 28.0 Å². The summed E-state index contributed by atoms with van der Waals surface area (Å²) in [6, 6.07) is 3.23. The van der Waals surface area contributed by atoms with Crippen LogP contribution in [0.5, 0.6) is 17.4 Å². The molecule has 0 unspecified atom stereocenters. The van der Waals surface area contributed by atoms with Crippen molar-refractivity contribution in [3.63, 3.8) is 0 Å². The maximum atomic E-state index is 13.5. The highest BCUT2D eigenvalue weighted by atomic mass is 35.5. The smallest absolute Gasteiger partial charge is 0.398 e. The van der Waals surface area contributed by atoms with Crippen molar-refractivity contribution in [2.24, 2.45) is 0 Å². The van der Waals surface area contributed by atoms with E-state index in [1.165, 1.54) is 7.11 Å². The molecule has 0 saturated heterocycles. The lowest BCUT2D eigenvalue weighted by atomic mass is 9.76. The first kappa shape index (κ1) is 30.5. The highest BCUT2D eigenvalue weighted by molar-refractivity contribution is 7.85. The molecule has 0 amide bonds. The minimum Gasteiger partial charge on any atom is -0.464 e. The fourth-order valence-electron chi connectivity index (χ4n) is 4.06. The third-order valence-electron chi connectivity index (χ3n) is 6.15. The highest BCUT2D eigenvalue weighted by Gasteiger charge is 2.53. The SMILES string of the molecule is C=[N+]([C@]1(C)C[C@@H](O)C1)S(=O)(=O)c1cc(Oc2c(Cl)cc(-n3nc(C(F)F)c(=O)[nH]c3=O)cc2Cl)ncc1OCOC. The summed E-state index contributed by atoms with van der Waals surface area (Å²) < 4.78 is 70.6. The van der Waals surface area contributed by atoms with Crippen LogP contribution in [0.4, 0.5) is 8.78 Å². The molecule has 2 aromatic heterocycles. The molecule has 1 fully saturated rings. The Balaban J connectivity index is 1.73. The lowest BCUT2D eigenvalue weighted by Gasteiger charge is -2.37. The lowest BCUT2D eigenvalue weighted by Crippen LogP contribution is -2.54. The van der Waals surface area contributed by atoms with Gasteiger partial charge < -0.3 is 19.3 Å². The second-order valence-electron chi connectivity index (χ2n) is 9.13. The van der Waals surface area contributed by atoms with E-state index in [-0.39, 0.29) is 57.6 Å². The number of nitrogens with one attached hydrogen (secondary N) is 1. The Morgan fingerprint density at radius 1 is 1.27 bits per heavy atom. The number of aromatic amines is 1. The van der Waals surface area contributed by atoms with E-state index >= 15 is 0 Å². The van der Waals surface area contributed by atoms with Crippen LogP contribution in [-0.2, 0) is 14.8 Å². The van der Waals surface area contributed by atoms with Gasteiger partial charge in [-0.2, -0.15) is 18.2 Å². The van der Waals surface area contributed by atoms with Crippen LogP contribution >= 0.6 is 23.2 Å². The number of H-pyrrole nitrogens is 1. The molecule has 2 heterocycles. The fraction of sp³-hybridized carbons (Fsp3) is 0.348. The molecule has 18 heteroatoms. The van der Waals surface area contributed by atoms with E-state index in [1.807, 2.05) is 0 Å². The Morgan fingerprint density at radius 3 is 2.46 bits per heavy atom. The summed E-state index contributed by atoms with van der Waals surface area (Å²) in [7, 11) is -3.00. The number of halogens is 4. The number of aliphatic hydroxyl groups excluding tert-OH is 1. The minimum absolute atomic E-state index is 0.169. The van der Waals surface area contributed by atoms with Crippen molar-refractivity contribution < 1.29 is 40.5 Å². The summed E-state index contributed by atoms with van der Waals surface area (Å²) >= 11 is 12.6. The molecule has 0 bridgehead atoms. The van der Waals surface area contributed by atoms with Gasteiger partial charge in [-0.15, -0.1) is 3.98 Å². The lowest BCUT2D eigenvalue weighted by molar-refractivity contribution is -0.487. The van der Waals surface area contributed by atoms with E-state index < -0.39 is 45.0 Å². The number of benzene rings is 1. The number of methoxy groups -OCH3 is 1. The molecular formula is C23H22Cl2F2N5O8S+. The molecule has 0 spiro atoms. The molecule has 1 aliphatic rings. The first-order chi connectivity index (χ1) is 19.2. The number of ether oxygens (including phenoxy) is 3. The summed E-state index contributed by atoms with van der Waals surface area (Å²) in [6.45, 7) is 5.01. The predicted molar refractivity (Wildman–Crippen MR) is 140 cm³/mol. The van der Waals surface area contributed by atoms with Crippen molar-refractivity contribution in [3.8, 4) is 23.1 Å². The summed E-state index contributed by atoms with van der Waals surface area (Å²) in [4.78, 5) is 29.2. The second-order valence-corrected chi connectivity index (χ2v) is 11.8. The summed E-state index contributed by atoms with van der Waals surface area (Å²) in [6.07, 6.45) is -2.53. The zero-order valence-electron chi connectivity index (χ0n) is 21.3. The standard InChI is InChI=1S/C23H21Cl2F2N5O8S/c1-23(7-12(33)8-23)31(2)41(36,37)16-6-17(28-9-15(16)39-10-38-3)40-19-13(24)4-11(5-14(19)25)32-22(35)29-21(34)18(30-32)20(26)27/h4-6,9,12,20,33H,2,7-8,10H2,1,3H3/p+1/t12-,23-. The minimum atomic E-state index is -4.33. The van der Waals surface area contributed by atoms with Crippen molar-refractivity contribution in [1.82, 2.24) is 19.7 Å². The number of aliphatic hydroxyl groups is 1. The normalized spacial score (nSPS) is 18.7. The number of rotatable bonds is 10. The topological polar surface area (TPSA) is 166 Å². The zero-order valence-corrected chi connectivity index (χ0v) is 23.6. The van der Waals surface area contributed by atoms with E-state index in [0.717, 1.165) is 28.4 Å². The average Bonchev–Trinajstić information content (AvgIpc) is 2.88. The van der Waals surface area contributed by atoms with Gasteiger partial charge >= 0.3 is 15.7 Å². The third kappa shape index (κ3) is 5.97. The molecule has 0 aliphatic heterocycles. The molecule has 1 aromatic carbocycles. The van der Waals surface area contributed by atoms with E-state index in [2.05, 4.69) is 16.8 Å². The highest BCUT2D eigenvalue weighted by Crippen LogP contribution is 2.41. The Labute approximate surface area is 240 Å². The van der Waals surface area contributed by atoms with Crippen LogP contribution in [0.25, 0.3) is 5.69 Å². The molecule has 4 rings (SSSR count). The number of alkyl halides is 2. The summed E-state index contributed by atoms with van der Waals surface area (Å²) in [5, 5.41) is 12.6. The first-order valence-corrected chi connectivity index (χ1v) is 13.7. The number of hydrogen-bond donors (Lipinski definition) is 2. The van der Waals surface area contributed by atoms with E-state index in [1.54, 1.807) is 11.9 Å². The van der Waals surface area contributed by atoms with Crippen LogP contribution in [0.15, 0.2) is 38.9 Å². The van der Waals surface area contributed by atoms with E-state index in [9.17, 15) is 31.9 Å². The fourth-order valence-corrected chi connectivity index (χ4v) is 6.20. The second kappa shape index (κ2) is 11.4.